The van der Waals surface area contributed by atoms with Crippen LogP contribution in [-0.4, -0.2) is 59.6 Å². The van der Waals surface area contributed by atoms with E-state index in [-0.39, 0.29) is 12.5 Å². The van der Waals surface area contributed by atoms with Gasteiger partial charge in [0.2, 0.25) is 5.91 Å². The van der Waals surface area contributed by atoms with Gasteiger partial charge in [0.1, 0.15) is 5.01 Å². The van der Waals surface area contributed by atoms with Gasteiger partial charge in [0, 0.05) is 39.2 Å². The van der Waals surface area contributed by atoms with Gasteiger partial charge in [0.05, 0.1) is 12.1 Å². The maximum Gasteiger partial charge on any atom is 0.228 e. The van der Waals surface area contributed by atoms with Crippen molar-refractivity contribution < 1.29 is 9.90 Å². The number of carbonyl (C=O) groups excluding carboxylic acids is 1. The number of thiazole rings is 1. The molecular weight excluding hydrogens is 286 g/mol. The number of aromatic nitrogens is 1. The van der Waals surface area contributed by atoms with Crippen LogP contribution >= 0.6 is 11.3 Å². The molecular formula is C15H25N3O2S. The molecule has 118 valence electrons. The van der Waals surface area contributed by atoms with Crippen LogP contribution in [0.1, 0.15) is 30.0 Å². The molecule has 0 spiro atoms. The van der Waals surface area contributed by atoms with Gasteiger partial charge in [0.15, 0.2) is 0 Å². The predicted molar refractivity (Wildman–Crippen MR) is 84.2 cm³/mol. The molecule has 1 aliphatic heterocycles. The summed E-state index contributed by atoms with van der Waals surface area (Å²) in [5.41, 5.74) is 1.06. The van der Waals surface area contributed by atoms with E-state index in [0.29, 0.717) is 12.3 Å². The fourth-order valence-electron chi connectivity index (χ4n) is 2.73. The molecule has 1 N–H and O–H groups in total. The van der Waals surface area contributed by atoms with E-state index in [0.717, 1.165) is 36.8 Å². The molecule has 0 aliphatic carbocycles. The van der Waals surface area contributed by atoms with Gasteiger partial charge in [-0.05, 0) is 31.7 Å². The van der Waals surface area contributed by atoms with E-state index in [1.807, 2.05) is 0 Å². The lowest BCUT2D eigenvalue weighted by molar-refractivity contribution is -0.127. The van der Waals surface area contributed by atoms with Gasteiger partial charge in [-0.1, -0.05) is 0 Å². The highest BCUT2D eigenvalue weighted by Crippen LogP contribution is 2.21. The molecule has 2 rings (SSSR count). The molecule has 2 heterocycles. The fraction of sp³-hybridized carbons (Fsp3) is 0.733. The number of aliphatic hydroxyl groups excluding tert-OH is 1. The molecule has 1 fully saturated rings. The molecule has 0 saturated carbocycles. The number of carbonyl (C=O) groups is 1. The number of aliphatic hydroxyl groups is 1. The Morgan fingerprint density at radius 2 is 2.38 bits per heavy atom. The fourth-order valence-corrected chi connectivity index (χ4v) is 3.51. The molecule has 0 aromatic carbocycles. The topological polar surface area (TPSA) is 56.7 Å². The standard InChI is InChI=1S/C15H25N3O2S/c1-17(2)15(20)8-14-16-13(11-21-14)10-18-6-3-4-12(9-18)5-7-19/h11-12,19H,3-10H2,1-2H3. The van der Waals surface area contributed by atoms with Crippen molar-refractivity contribution in [3.63, 3.8) is 0 Å². The van der Waals surface area contributed by atoms with Crippen LogP contribution in [-0.2, 0) is 17.8 Å². The van der Waals surface area contributed by atoms with E-state index < -0.39 is 0 Å². The maximum absolute atomic E-state index is 11.7. The highest BCUT2D eigenvalue weighted by Gasteiger charge is 2.20. The summed E-state index contributed by atoms with van der Waals surface area (Å²) in [6.07, 6.45) is 3.71. The van der Waals surface area contributed by atoms with Gasteiger partial charge < -0.3 is 10.0 Å². The molecule has 1 aliphatic rings. The van der Waals surface area contributed by atoms with Gasteiger partial charge in [-0.3, -0.25) is 9.69 Å². The first-order chi connectivity index (χ1) is 10.1. The molecule has 21 heavy (non-hydrogen) atoms. The van der Waals surface area contributed by atoms with Crippen molar-refractivity contribution in [3.05, 3.63) is 16.1 Å². The summed E-state index contributed by atoms with van der Waals surface area (Å²) in [5, 5.41) is 12.0. The third kappa shape index (κ3) is 5.05. The first-order valence-corrected chi connectivity index (χ1v) is 8.43. The first kappa shape index (κ1) is 16.4. The van der Waals surface area contributed by atoms with Crippen LogP contribution in [0.3, 0.4) is 0 Å². The van der Waals surface area contributed by atoms with Crippen LogP contribution in [0, 0.1) is 5.92 Å². The molecule has 1 amide bonds. The minimum absolute atomic E-state index is 0.0943. The summed E-state index contributed by atoms with van der Waals surface area (Å²) >= 11 is 1.57. The second-order valence-electron chi connectivity index (χ2n) is 5.95. The Balaban J connectivity index is 1.85. The van der Waals surface area contributed by atoms with E-state index in [4.69, 9.17) is 5.11 Å². The minimum atomic E-state index is 0.0943. The van der Waals surface area contributed by atoms with E-state index in [1.54, 1.807) is 30.3 Å². The SMILES string of the molecule is CN(C)C(=O)Cc1nc(CN2CCCC(CCO)C2)cs1. The second kappa shape index (κ2) is 7.87. The Morgan fingerprint density at radius 3 is 3.10 bits per heavy atom. The lowest BCUT2D eigenvalue weighted by Gasteiger charge is -2.31. The Hall–Kier alpha value is -0.980. The third-order valence-corrected chi connectivity index (χ3v) is 4.82. The number of amides is 1. The van der Waals surface area contributed by atoms with Crippen molar-refractivity contribution in [2.75, 3.05) is 33.8 Å². The largest absolute Gasteiger partial charge is 0.396 e. The number of hydrogen-bond acceptors (Lipinski definition) is 5. The zero-order valence-electron chi connectivity index (χ0n) is 12.9. The quantitative estimate of drug-likeness (QED) is 0.862. The summed E-state index contributed by atoms with van der Waals surface area (Å²) in [7, 11) is 3.54. The molecule has 0 radical (unpaired) electrons. The zero-order valence-corrected chi connectivity index (χ0v) is 13.7. The Labute approximate surface area is 130 Å². The normalized spacial score (nSPS) is 19.7. The van der Waals surface area contributed by atoms with Crippen molar-refractivity contribution in [1.29, 1.82) is 0 Å². The molecule has 0 bridgehead atoms. The molecule has 1 aromatic heterocycles. The zero-order chi connectivity index (χ0) is 15.2. The smallest absolute Gasteiger partial charge is 0.228 e. The van der Waals surface area contributed by atoms with Crippen LogP contribution in [0.2, 0.25) is 0 Å². The van der Waals surface area contributed by atoms with Crippen molar-refractivity contribution in [2.24, 2.45) is 5.92 Å². The Bertz CT molecular complexity index is 460. The van der Waals surface area contributed by atoms with Gasteiger partial charge in [-0.2, -0.15) is 0 Å². The van der Waals surface area contributed by atoms with E-state index in [1.165, 1.54) is 12.8 Å². The molecule has 1 aromatic rings. The minimum Gasteiger partial charge on any atom is -0.396 e. The van der Waals surface area contributed by atoms with Crippen molar-refractivity contribution in [2.45, 2.75) is 32.2 Å². The van der Waals surface area contributed by atoms with E-state index >= 15 is 0 Å². The number of hydrogen-bond donors (Lipinski definition) is 1. The summed E-state index contributed by atoms with van der Waals surface area (Å²) in [4.78, 5) is 20.3. The Kier molecular flexibility index (Phi) is 6.14. The van der Waals surface area contributed by atoms with Crippen LogP contribution in [0.15, 0.2) is 5.38 Å². The molecule has 1 saturated heterocycles. The van der Waals surface area contributed by atoms with Crippen molar-refractivity contribution in [1.82, 2.24) is 14.8 Å². The average molecular weight is 311 g/mol. The Morgan fingerprint density at radius 1 is 1.57 bits per heavy atom. The maximum atomic E-state index is 11.7. The third-order valence-electron chi connectivity index (χ3n) is 3.93. The monoisotopic (exact) mass is 311 g/mol. The van der Waals surface area contributed by atoms with Crippen LogP contribution in [0.4, 0.5) is 0 Å². The number of likely N-dealkylation sites (tertiary alicyclic amines) is 1. The summed E-state index contributed by atoms with van der Waals surface area (Å²) < 4.78 is 0. The summed E-state index contributed by atoms with van der Waals surface area (Å²) in [6, 6.07) is 0. The van der Waals surface area contributed by atoms with Gasteiger partial charge in [-0.25, -0.2) is 4.98 Å². The van der Waals surface area contributed by atoms with Crippen molar-refractivity contribution >= 4 is 17.2 Å². The van der Waals surface area contributed by atoms with Gasteiger partial charge in [0.25, 0.3) is 0 Å². The lowest BCUT2D eigenvalue weighted by atomic mass is 9.95. The van der Waals surface area contributed by atoms with E-state index in [2.05, 4.69) is 15.3 Å². The highest BCUT2D eigenvalue weighted by molar-refractivity contribution is 7.09. The van der Waals surface area contributed by atoms with Crippen LogP contribution in [0.5, 0.6) is 0 Å². The van der Waals surface area contributed by atoms with Crippen LogP contribution < -0.4 is 0 Å². The average Bonchev–Trinajstić information content (AvgIpc) is 2.86. The second-order valence-corrected chi connectivity index (χ2v) is 6.90. The number of likely N-dealkylation sites (N-methyl/N-ethyl adjacent to an activating group) is 1. The lowest BCUT2D eigenvalue weighted by Crippen LogP contribution is -2.35. The highest BCUT2D eigenvalue weighted by atomic mass is 32.1. The molecule has 1 unspecified atom stereocenters. The van der Waals surface area contributed by atoms with E-state index in [9.17, 15) is 4.79 Å². The van der Waals surface area contributed by atoms with Gasteiger partial charge >= 0.3 is 0 Å². The number of piperidine rings is 1. The number of rotatable bonds is 6. The molecule has 5 nitrogen and oxygen atoms in total. The van der Waals surface area contributed by atoms with Gasteiger partial charge in [-0.15, -0.1) is 11.3 Å². The number of nitrogens with zero attached hydrogens (tertiary/aromatic N) is 3. The van der Waals surface area contributed by atoms with Crippen LogP contribution in [0.25, 0.3) is 0 Å². The summed E-state index contributed by atoms with van der Waals surface area (Å²) in [6.45, 7) is 3.29. The molecule has 1 atom stereocenters. The molecule has 6 heteroatoms. The summed E-state index contributed by atoms with van der Waals surface area (Å²) in [5.74, 6) is 0.703. The van der Waals surface area contributed by atoms with Crippen molar-refractivity contribution in [3.8, 4) is 0 Å². The predicted octanol–water partition coefficient (Wildman–Crippen LogP) is 1.37. The first-order valence-electron chi connectivity index (χ1n) is 7.55.